The van der Waals surface area contributed by atoms with Crippen molar-refractivity contribution in [3.63, 3.8) is 0 Å². The average Bonchev–Trinajstić information content (AvgIpc) is 2.72. The summed E-state index contributed by atoms with van der Waals surface area (Å²) in [6, 6.07) is 11.6. The molecule has 0 spiro atoms. The van der Waals surface area contributed by atoms with Gasteiger partial charge in [-0.25, -0.2) is 12.8 Å². The van der Waals surface area contributed by atoms with Crippen LogP contribution in [0.4, 0.5) is 10.1 Å². The van der Waals surface area contributed by atoms with E-state index >= 15 is 0 Å². The van der Waals surface area contributed by atoms with Gasteiger partial charge in [-0.15, -0.1) is 0 Å². The summed E-state index contributed by atoms with van der Waals surface area (Å²) in [5, 5.41) is 2.57. The molecule has 1 N–H and O–H groups in total. The van der Waals surface area contributed by atoms with Gasteiger partial charge < -0.3 is 10.2 Å². The number of rotatable bonds is 9. The third kappa shape index (κ3) is 6.27. The molecule has 0 bridgehead atoms. The number of anilines is 1. The van der Waals surface area contributed by atoms with Crippen LogP contribution in [-0.2, 0) is 26.2 Å². The van der Waals surface area contributed by atoms with Gasteiger partial charge in [0.2, 0.25) is 21.8 Å². The van der Waals surface area contributed by atoms with Gasteiger partial charge in [0.25, 0.3) is 0 Å². The summed E-state index contributed by atoms with van der Waals surface area (Å²) in [5.41, 5.74) is 1.97. The van der Waals surface area contributed by atoms with Gasteiger partial charge in [-0.1, -0.05) is 31.2 Å². The first-order valence-electron chi connectivity index (χ1n) is 9.87. The van der Waals surface area contributed by atoms with Crippen molar-refractivity contribution in [1.29, 1.82) is 0 Å². The van der Waals surface area contributed by atoms with Gasteiger partial charge in [0, 0.05) is 13.6 Å². The fourth-order valence-electron chi connectivity index (χ4n) is 3.28. The Labute approximate surface area is 182 Å². The lowest BCUT2D eigenvalue weighted by Crippen LogP contribution is -2.51. The second-order valence-electron chi connectivity index (χ2n) is 7.23. The molecule has 0 fully saturated rings. The summed E-state index contributed by atoms with van der Waals surface area (Å²) in [6.45, 7) is 3.33. The first-order valence-corrected chi connectivity index (χ1v) is 11.7. The van der Waals surface area contributed by atoms with E-state index in [0.717, 1.165) is 33.8 Å². The fourth-order valence-corrected chi connectivity index (χ4v) is 4.13. The van der Waals surface area contributed by atoms with Gasteiger partial charge in [-0.3, -0.25) is 13.9 Å². The van der Waals surface area contributed by atoms with Crippen LogP contribution in [0.2, 0.25) is 0 Å². The zero-order chi connectivity index (χ0) is 23.2. The van der Waals surface area contributed by atoms with Crippen LogP contribution in [0, 0.1) is 12.7 Å². The molecule has 7 nitrogen and oxygen atoms in total. The molecule has 2 aromatic carbocycles. The molecule has 0 unspecified atom stereocenters. The van der Waals surface area contributed by atoms with Crippen LogP contribution >= 0.6 is 0 Å². The molecule has 2 aromatic rings. The van der Waals surface area contributed by atoms with E-state index in [0.29, 0.717) is 6.42 Å². The normalized spacial score (nSPS) is 12.2. The van der Waals surface area contributed by atoms with E-state index < -0.39 is 34.3 Å². The quantitative estimate of drug-likeness (QED) is 0.637. The topological polar surface area (TPSA) is 86.8 Å². The van der Waals surface area contributed by atoms with E-state index in [1.807, 2.05) is 31.2 Å². The highest BCUT2D eigenvalue weighted by atomic mass is 32.2. The van der Waals surface area contributed by atoms with Crippen molar-refractivity contribution in [2.24, 2.45) is 0 Å². The molecule has 9 heteroatoms. The van der Waals surface area contributed by atoms with E-state index in [1.54, 1.807) is 6.92 Å². The summed E-state index contributed by atoms with van der Waals surface area (Å²) in [7, 11) is -2.35. The predicted molar refractivity (Wildman–Crippen MR) is 118 cm³/mol. The molecule has 0 aliphatic rings. The van der Waals surface area contributed by atoms with E-state index in [2.05, 4.69) is 5.32 Å². The molecule has 0 saturated carbocycles. The van der Waals surface area contributed by atoms with Crippen LogP contribution in [0.1, 0.15) is 24.5 Å². The minimum atomic E-state index is -3.84. The van der Waals surface area contributed by atoms with Crippen LogP contribution in [0.5, 0.6) is 0 Å². The molecule has 31 heavy (non-hydrogen) atoms. The van der Waals surface area contributed by atoms with Gasteiger partial charge in [-0.2, -0.15) is 0 Å². The number of carbonyl (C=O) groups is 2. The van der Waals surface area contributed by atoms with Crippen molar-refractivity contribution in [3.05, 3.63) is 65.5 Å². The smallest absolute Gasteiger partial charge is 0.244 e. The monoisotopic (exact) mass is 449 g/mol. The summed E-state index contributed by atoms with van der Waals surface area (Å²) < 4.78 is 39.0. The lowest BCUT2D eigenvalue weighted by molar-refractivity contribution is -0.140. The van der Waals surface area contributed by atoms with E-state index in [-0.39, 0.29) is 18.1 Å². The Kier molecular flexibility index (Phi) is 8.15. The lowest BCUT2D eigenvalue weighted by Gasteiger charge is -2.33. The van der Waals surface area contributed by atoms with Crippen LogP contribution in [0.15, 0.2) is 48.5 Å². The van der Waals surface area contributed by atoms with Gasteiger partial charge in [0.1, 0.15) is 18.4 Å². The summed E-state index contributed by atoms with van der Waals surface area (Å²) >= 11 is 0. The highest BCUT2D eigenvalue weighted by Crippen LogP contribution is 2.20. The Balaban J connectivity index is 2.43. The standard InChI is InChI=1S/C22H28FN3O4S/c1-5-20(22(28)24-3)25(14-17-9-7-6-8-16(17)2)21(27)15-26(31(4,29)30)19-12-10-18(23)11-13-19/h6-13,20H,5,14-15H2,1-4H3,(H,24,28)/t20-/m1/s1. The number of halogens is 1. The number of amides is 2. The Hall–Kier alpha value is -2.94. The van der Waals surface area contributed by atoms with E-state index in [1.165, 1.54) is 24.1 Å². The summed E-state index contributed by atoms with van der Waals surface area (Å²) in [6.07, 6.45) is 1.33. The highest BCUT2D eigenvalue weighted by Gasteiger charge is 2.31. The molecular weight excluding hydrogens is 421 g/mol. The molecule has 0 radical (unpaired) electrons. The van der Waals surface area contributed by atoms with Gasteiger partial charge in [0.05, 0.1) is 11.9 Å². The summed E-state index contributed by atoms with van der Waals surface area (Å²) in [4.78, 5) is 27.2. The Bertz CT molecular complexity index is 1030. The number of carbonyl (C=O) groups excluding carboxylic acids is 2. The largest absolute Gasteiger partial charge is 0.357 e. The minimum Gasteiger partial charge on any atom is -0.357 e. The molecule has 168 valence electrons. The molecule has 0 aliphatic carbocycles. The first-order chi connectivity index (χ1) is 14.6. The molecule has 0 heterocycles. The maximum atomic E-state index is 13.3. The fraction of sp³-hybridized carbons (Fsp3) is 0.364. The van der Waals surface area contributed by atoms with Gasteiger partial charge in [-0.05, 0) is 48.7 Å². The Morgan fingerprint density at radius 3 is 2.23 bits per heavy atom. The molecule has 0 aromatic heterocycles. The molecule has 0 aliphatic heterocycles. The third-order valence-electron chi connectivity index (χ3n) is 5.03. The number of nitrogens with one attached hydrogen (secondary N) is 1. The SMILES string of the molecule is CC[C@H](C(=O)NC)N(Cc1ccccc1C)C(=O)CN(c1ccc(F)cc1)S(C)(=O)=O. The number of hydrogen-bond acceptors (Lipinski definition) is 4. The molecule has 2 rings (SSSR count). The van der Waals surface area contributed by atoms with Crippen LogP contribution < -0.4 is 9.62 Å². The number of benzene rings is 2. The second-order valence-corrected chi connectivity index (χ2v) is 9.14. The van der Waals surface area contributed by atoms with Crippen molar-refractivity contribution in [2.45, 2.75) is 32.9 Å². The Morgan fingerprint density at radius 1 is 1.10 bits per heavy atom. The molecular formula is C22H28FN3O4S. The van der Waals surface area contributed by atoms with E-state index in [9.17, 15) is 22.4 Å². The second kappa shape index (κ2) is 10.4. The van der Waals surface area contributed by atoms with Crippen molar-refractivity contribution in [3.8, 4) is 0 Å². The first kappa shape index (κ1) is 24.3. The minimum absolute atomic E-state index is 0.151. The van der Waals surface area contributed by atoms with Crippen LogP contribution in [-0.4, -0.2) is 51.0 Å². The lowest BCUT2D eigenvalue weighted by atomic mass is 10.1. The zero-order valence-corrected chi connectivity index (χ0v) is 18.9. The summed E-state index contributed by atoms with van der Waals surface area (Å²) in [5.74, 6) is -1.39. The van der Waals surface area contributed by atoms with Gasteiger partial charge in [0.15, 0.2) is 0 Å². The zero-order valence-electron chi connectivity index (χ0n) is 18.1. The maximum absolute atomic E-state index is 13.3. The number of hydrogen-bond donors (Lipinski definition) is 1. The molecule has 2 amide bonds. The van der Waals surface area contributed by atoms with Gasteiger partial charge >= 0.3 is 0 Å². The van der Waals surface area contributed by atoms with E-state index in [4.69, 9.17) is 0 Å². The molecule has 1 atom stereocenters. The number of nitrogens with zero attached hydrogens (tertiary/aromatic N) is 2. The predicted octanol–water partition coefficient (Wildman–Crippen LogP) is 2.45. The maximum Gasteiger partial charge on any atom is 0.244 e. The number of aryl methyl sites for hydroxylation is 1. The van der Waals surface area contributed by atoms with Crippen LogP contribution in [0.25, 0.3) is 0 Å². The van der Waals surface area contributed by atoms with Crippen molar-refractivity contribution >= 4 is 27.5 Å². The van der Waals surface area contributed by atoms with Crippen LogP contribution in [0.3, 0.4) is 0 Å². The van der Waals surface area contributed by atoms with Crippen molar-refractivity contribution in [2.75, 3.05) is 24.2 Å². The third-order valence-corrected chi connectivity index (χ3v) is 6.17. The van der Waals surface area contributed by atoms with Crippen molar-refractivity contribution in [1.82, 2.24) is 10.2 Å². The highest BCUT2D eigenvalue weighted by molar-refractivity contribution is 7.92. The Morgan fingerprint density at radius 2 is 1.71 bits per heavy atom. The average molecular weight is 450 g/mol. The number of sulfonamides is 1. The van der Waals surface area contributed by atoms with Crippen molar-refractivity contribution < 1.29 is 22.4 Å². The number of likely N-dealkylation sites (N-methyl/N-ethyl adjacent to an activating group) is 1. The molecule has 0 saturated heterocycles.